The number of anilines is 1. The van der Waals surface area contributed by atoms with Gasteiger partial charge in [0.15, 0.2) is 0 Å². The Hall–Kier alpha value is -1.09. The Bertz CT molecular complexity index is 352. The van der Waals surface area contributed by atoms with Gasteiger partial charge in [-0.1, -0.05) is 32.9 Å². The summed E-state index contributed by atoms with van der Waals surface area (Å²) in [6.45, 7) is 11.2. The Kier molecular flexibility index (Phi) is 6.13. The molecule has 3 heteroatoms. The maximum absolute atomic E-state index is 13.7. The maximum Gasteiger partial charge on any atom is 0.146 e. The van der Waals surface area contributed by atoms with Crippen molar-refractivity contribution in [3.63, 3.8) is 0 Å². The van der Waals surface area contributed by atoms with Gasteiger partial charge < -0.3 is 10.2 Å². The highest BCUT2D eigenvalue weighted by Crippen LogP contribution is 2.19. The van der Waals surface area contributed by atoms with Crippen LogP contribution in [-0.4, -0.2) is 25.7 Å². The van der Waals surface area contributed by atoms with Crippen molar-refractivity contribution in [3.8, 4) is 0 Å². The van der Waals surface area contributed by atoms with Crippen molar-refractivity contribution in [2.75, 3.05) is 24.5 Å². The van der Waals surface area contributed by atoms with Crippen LogP contribution in [0.3, 0.4) is 0 Å². The van der Waals surface area contributed by atoms with Crippen LogP contribution in [0.25, 0.3) is 0 Å². The number of hydrogen-bond acceptors (Lipinski definition) is 2. The fourth-order valence-electron chi connectivity index (χ4n) is 1.98. The van der Waals surface area contributed by atoms with Crippen molar-refractivity contribution in [1.29, 1.82) is 0 Å². The van der Waals surface area contributed by atoms with E-state index in [4.69, 9.17) is 0 Å². The molecule has 0 aromatic heterocycles. The average Bonchev–Trinajstić information content (AvgIpc) is 2.34. The molecular weight excluding hydrogens is 227 g/mol. The van der Waals surface area contributed by atoms with Crippen LogP contribution in [0.2, 0.25) is 0 Å². The van der Waals surface area contributed by atoms with E-state index in [-0.39, 0.29) is 5.82 Å². The standard InChI is InChI=1S/C15H25FN2/c1-5-18(11-13(4)10-17-12(2)3)15-9-7-6-8-14(15)16/h6-9,12-13,17H,5,10-11H2,1-4H3. The summed E-state index contributed by atoms with van der Waals surface area (Å²) in [5.41, 5.74) is 0.705. The molecule has 1 aromatic carbocycles. The molecular formula is C15H25FN2. The first-order valence-electron chi connectivity index (χ1n) is 6.77. The van der Waals surface area contributed by atoms with Crippen LogP contribution >= 0.6 is 0 Å². The molecule has 1 unspecified atom stereocenters. The molecule has 0 radical (unpaired) electrons. The van der Waals surface area contributed by atoms with Crippen molar-refractivity contribution in [3.05, 3.63) is 30.1 Å². The van der Waals surface area contributed by atoms with E-state index in [0.717, 1.165) is 19.6 Å². The fourth-order valence-corrected chi connectivity index (χ4v) is 1.98. The summed E-state index contributed by atoms with van der Waals surface area (Å²) in [6.07, 6.45) is 0. The van der Waals surface area contributed by atoms with Gasteiger partial charge in [-0.05, 0) is 31.5 Å². The summed E-state index contributed by atoms with van der Waals surface area (Å²) in [6, 6.07) is 7.49. The Balaban J connectivity index is 2.59. The molecule has 1 aromatic rings. The molecule has 0 heterocycles. The first-order chi connectivity index (χ1) is 8.54. The molecule has 0 spiro atoms. The van der Waals surface area contributed by atoms with E-state index in [0.29, 0.717) is 17.6 Å². The summed E-state index contributed by atoms with van der Waals surface area (Å²) in [7, 11) is 0. The van der Waals surface area contributed by atoms with Gasteiger partial charge in [-0.25, -0.2) is 4.39 Å². The molecule has 0 saturated heterocycles. The van der Waals surface area contributed by atoms with Gasteiger partial charge in [0.25, 0.3) is 0 Å². The molecule has 0 fully saturated rings. The number of nitrogens with one attached hydrogen (secondary N) is 1. The zero-order valence-electron chi connectivity index (χ0n) is 11.9. The lowest BCUT2D eigenvalue weighted by molar-refractivity contribution is 0.471. The minimum atomic E-state index is -0.136. The van der Waals surface area contributed by atoms with Gasteiger partial charge in [0.1, 0.15) is 5.82 Å². The lowest BCUT2D eigenvalue weighted by atomic mass is 10.1. The van der Waals surface area contributed by atoms with Gasteiger partial charge in [0.05, 0.1) is 5.69 Å². The first-order valence-corrected chi connectivity index (χ1v) is 6.77. The van der Waals surface area contributed by atoms with Gasteiger partial charge in [0, 0.05) is 19.1 Å². The molecule has 18 heavy (non-hydrogen) atoms. The summed E-state index contributed by atoms with van der Waals surface area (Å²) in [4.78, 5) is 2.10. The highest BCUT2D eigenvalue weighted by molar-refractivity contribution is 5.47. The number of hydrogen-bond donors (Lipinski definition) is 1. The van der Waals surface area contributed by atoms with Gasteiger partial charge >= 0.3 is 0 Å². The highest BCUT2D eigenvalue weighted by Gasteiger charge is 2.12. The molecule has 1 rings (SSSR count). The minimum absolute atomic E-state index is 0.136. The van der Waals surface area contributed by atoms with Crippen molar-refractivity contribution < 1.29 is 4.39 Å². The highest BCUT2D eigenvalue weighted by atomic mass is 19.1. The summed E-state index contributed by atoms with van der Waals surface area (Å²) in [5.74, 6) is 0.357. The van der Waals surface area contributed by atoms with Gasteiger partial charge in [-0.15, -0.1) is 0 Å². The lowest BCUT2D eigenvalue weighted by Gasteiger charge is -2.27. The Morgan fingerprint density at radius 3 is 2.44 bits per heavy atom. The number of nitrogens with zero attached hydrogens (tertiary/aromatic N) is 1. The molecule has 0 saturated carbocycles. The molecule has 102 valence electrons. The van der Waals surface area contributed by atoms with Crippen molar-refractivity contribution in [1.82, 2.24) is 5.32 Å². The van der Waals surface area contributed by atoms with Crippen LogP contribution in [0, 0.1) is 11.7 Å². The third kappa shape index (κ3) is 4.65. The van der Waals surface area contributed by atoms with Gasteiger partial charge in [0.2, 0.25) is 0 Å². The summed E-state index contributed by atoms with van der Waals surface area (Å²) in [5, 5.41) is 3.42. The van der Waals surface area contributed by atoms with Crippen molar-refractivity contribution >= 4 is 5.69 Å². The zero-order chi connectivity index (χ0) is 13.5. The van der Waals surface area contributed by atoms with Crippen LogP contribution in [0.4, 0.5) is 10.1 Å². The van der Waals surface area contributed by atoms with Crippen molar-refractivity contribution in [2.45, 2.75) is 33.7 Å². The monoisotopic (exact) mass is 252 g/mol. The van der Waals surface area contributed by atoms with Gasteiger partial charge in [-0.2, -0.15) is 0 Å². The minimum Gasteiger partial charge on any atom is -0.369 e. The second-order valence-corrected chi connectivity index (χ2v) is 5.16. The normalized spacial score (nSPS) is 12.8. The SMILES string of the molecule is CCN(CC(C)CNC(C)C)c1ccccc1F. The van der Waals surface area contributed by atoms with E-state index < -0.39 is 0 Å². The Morgan fingerprint density at radius 2 is 1.89 bits per heavy atom. The maximum atomic E-state index is 13.7. The van der Waals surface area contributed by atoms with Crippen molar-refractivity contribution in [2.24, 2.45) is 5.92 Å². The Labute approximate surface area is 110 Å². The second kappa shape index (κ2) is 7.37. The predicted molar refractivity (Wildman–Crippen MR) is 76.6 cm³/mol. The largest absolute Gasteiger partial charge is 0.369 e. The van der Waals surface area contributed by atoms with Crippen LogP contribution < -0.4 is 10.2 Å². The predicted octanol–water partition coefficient (Wildman–Crippen LogP) is 3.29. The van der Waals surface area contributed by atoms with E-state index >= 15 is 0 Å². The molecule has 0 amide bonds. The third-order valence-electron chi connectivity index (χ3n) is 2.98. The van der Waals surface area contributed by atoms with Crippen LogP contribution in [-0.2, 0) is 0 Å². The molecule has 0 aliphatic carbocycles. The fraction of sp³-hybridized carbons (Fsp3) is 0.600. The zero-order valence-corrected chi connectivity index (χ0v) is 11.9. The molecule has 0 aliphatic heterocycles. The summed E-state index contributed by atoms with van der Waals surface area (Å²) >= 11 is 0. The molecule has 1 N–H and O–H groups in total. The van der Waals surface area contributed by atoms with E-state index in [2.05, 4.69) is 37.9 Å². The number of halogens is 1. The third-order valence-corrected chi connectivity index (χ3v) is 2.98. The van der Waals surface area contributed by atoms with Crippen LogP contribution in [0.1, 0.15) is 27.7 Å². The molecule has 1 atom stereocenters. The van der Waals surface area contributed by atoms with E-state index in [9.17, 15) is 4.39 Å². The van der Waals surface area contributed by atoms with E-state index in [1.807, 2.05) is 12.1 Å². The second-order valence-electron chi connectivity index (χ2n) is 5.16. The smallest absolute Gasteiger partial charge is 0.146 e. The quantitative estimate of drug-likeness (QED) is 0.801. The topological polar surface area (TPSA) is 15.3 Å². The Morgan fingerprint density at radius 1 is 1.22 bits per heavy atom. The van der Waals surface area contributed by atoms with E-state index in [1.165, 1.54) is 6.07 Å². The number of para-hydroxylation sites is 1. The lowest BCUT2D eigenvalue weighted by Crippen LogP contribution is -2.35. The molecule has 0 bridgehead atoms. The van der Waals surface area contributed by atoms with E-state index in [1.54, 1.807) is 6.07 Å². The van der Waals surface area contributed by atoms with Crippen LogP contribution in [0.5, 0.6) is 0 Å². The number of rotatable bonds is 7. The summed E-state index contributed by atoms with van der Waals surface area (Å²) < 4.78 is 13.7. The molecule has 2 nitrogen and oxygen atoms in total. The average molecular weight is 252 g/mol. The molecule has 0 aliphatic rings. The number of benzene rings is 1. The van der Waals surface area contributed by atoms with Gasteiger partial charge in [-0.3, -0.25) is 0 Å². The first kappa shape index (κ1) is 15.0. The van der Waals surface area contributed by atoms with Crippen LogP contribution in [0.15, 0.2) is 24.3 Å².